The highest BCUT2D eigenvalue weighted by atomic mass is 35.5. The maximum atomic E-state index is 12.7. The van der Waals surface area contributed by atoms with E-state index in [1.165, 1.54) is 16.9 Å². The second-order valence-corrected chi connectivity index (χ2v) is 4.16. The molecule has 8 heteroatoms. The van der Waals surface area contributed by atoms with Crippen molar-refractivity contribution in [3.8, 4) is 5.69 Å². The van der Waals surface area contributed by atoms with Gasteiger partial charge in [-0.3, -0.25) is 0 Å². The van der Waals surface area contributed by atoms with Gasteiger partial charge < -0.3 is 5.73 Å². The van der Waals surface area contributed by atoms with Gasteiger partial charge in [-0.2, -0.15) is 18.3 Å². The van der Waals surface area contributed by atoms with Crippen LogP contribution in [0.3, 0.4) is 0 Å². The van der Waals surface area contributed by atoms with Crippen molar-refractivity contribution in [3.05, 3.63) is 42.2 Å². The lowest BCUT2D eigenvalue weighted by Crippen LogP contribution is -2.13. The molecule has 4 nitrogen and oxygen atoms in total. The van der Waals surface area contributed by atoms with Crippen molar-refractivity contribution < 1.29 is 13.2 Å². The maximum absolute atomic E-state index is 12.7. The summed E-state index contributed by atoms with van der Waals surface area (Å²) in [5.41, 5.74) is 5.13. The molecule has 0 aliphatic heterocycles. The minimum Gasteiger partial charge on any atom is -0.386 e. The molecule has 1 aromatic carbocycles. The smallest absolute Gasteiger partial charge is 0.386 e. The van der Waals surface area contributed by atoms with Crippen LogP contribution in [0, 0.1) is 0 Å². The molecule has 0 radical (unpaired) electrons. The molecule has 0 aliphatic carbocycles. The van der Waals surface area contributed by atoms with Crippen LogP contribution in [0.15, 0.2) is 41.7 Å². The Kier molecular flexibility index (Phi) is 3.99. The van der Waals surface area contributed by atoms with Crippen LogP contribution in [0.25, 0.3) is 5.69 Å². The Hall–Kier alpha value is -2.02. The zero-order valence-electron chi connectivity index (χ0n) is 10.1. The Labute approximate surface area is 117 Å². The molecule has 20 heavy (non-hydrogen) atoms. The minimum atomic E-state index is -4.46. The number of alkyl halides is 4. The number of aromatic nitrogens is 2. The van der Waals surface area contributed by atoms with Crippen molar-refractivity contribution in [2.75, 3.05) is 5.88 Å². The van der Waals surface area contributed by atoms with E-state index in [0.29, 0.717) is 5.69 Å². The average molecular weight is 303 g/mol. The van der Waals surface area contributed by atoms with E-state index in [9.17, 15) is 13.2 Å². The third kappa shape index (κ3) is 3.11. The molecule has 0 unspecified atom stereocenters. The molecule has 2 N–H and O–H groups in total. The summed E-state index contributed by atoms with van der Waals surface area (Å²) in [6.45, 7) is 0. The Balaban J connectivity index is 2.58. The number of benzene rings is 1. The monoisotopic (exact) mass is 302 g/mol. The summed E-state index contributed by atoms with van der Waals surface area (Å²) >= 11 is 5.51. The van der Waals surface area contributed by atoms with Crippen LogP contribution >= 0.6 is 11.6 Å². The van der Waals surface area contributed by atoms with Crippen molar-refractivity contribution >= 4 is 23.1 Å². The average Bonchev–Trinajstić information content (AvgIpc) is 2.91. The molecule has 1 aromatic heterocycles. The van der Waals surface area contributed by atoms with Crippen molar-refractivity contribution in [2.45, 2.75) is 6.18 Å². The van der Waals surface area contributed by atoms with Gasteiger partial charge in [-0.05, 0) is 24.3 Å². The van der Waals surface area contributed by atoms with E-state index < -0.39 is 11.7 Å². The van der Waals surface area contributed by atoms with Crippen molar-refractivity contribution in [1.29, 1.82) is 0 Å². The summed E-state index contributed by atoms with van der Waals surface area (Å²) in [4.78, 5) is 3.91. The summed E-state index contributed by atoms with van der Waals surface area (Å²) in [5.74, 6) is -0.0474. The van der Waals surface area contributed by atoms with E-state index in [-0.39, 0.29) is 17.4 Å². The summed E-state index contributed by atoms with van der Waals surface area (Å²) in [5, 5.41) is 3.96. The largest absolute Gasteiger partial charge is 0.416 e. The highest BCUT2D eigenvalue weighted by molar-refractivity contribution is 6.28. The molecule has 2 aromatic rings. The van der Waals surface area contributed by atoms with Gasteiger partial charge in [0.1, 0.15) is 5.84 Å². The summed E-state index contributed by atoms with van der Waals surface area (Å²) < 4.78 is 39.6. The first kappa shape index (κ1) is 14.4. The number of nitrogens with two attached hydrogens (primary N) is 1. The molecule has 0 aliphatic rings. The standard InChI is InChI=1S/C12H10ClF3N4/c13-7-11(17)19-9-6-8(12(14,15)16)2-3-10(9)20-5-1-4-18-20/h1-6H,7H2,(H2,17,19). The van der Waals surface area contributed by atoms with Crippen molar-refractivity contribution in [2.24, 2.45) is 10.7 Å². The van der Waals surface area contributed by atoms with E-state index in [2.05, 4.69) is 10.1 Å². The van der Waals surface area contributed by atoms with Crippen LogP contribution < -0.4 is 5.73 Å². The topological polar surface area (TPSA) is 56.2 Å². The normalized spacial score (nSPS) is 12.7. The van der Waals surface area contributed by atoms with Gasteiger partial charge in [0.2, 0.25) is 0 Å². The van der Waals surface area contributed by atoms with E-state index in [1.807, 2.05) is 0 Å². The molecule has 2 rings (SSSR count). The maximum Gasteiger partial charge on any atom is 0.416 e. The first-order valence-electron chi connectivity index (χ1n) is 5.52. The zero-order valence-corrected chi connectivity index (χ0v) is 10.9. The van der Waals surface area contributed by atoms with Crippen LogP contribution in [0.5, 0.6) is 0 Å². The van der Waals surface area contributed by atoms with Crippen LogP contribution in [-0.4, -0.2) is 21.5 Å². The van der Waals surface area contributed by atoms with E-state index in [4.69, 9.17) is 17.3 Å². The minimum absolute atomic E-state index is 0.0272. The van der Waals surface area contributed by atoms with Gasteiger partial charge in [0.15, 0.2) is 0 Å². The van der Waals surface area contributed by atoms with Gasteiger partial charge >= 0.3 is 6.18 Å². The predicted octanol–water partition coefficient (Wildman–Crippen LogP) is 3.12. The second-order valence-electron chi connectivity index (χ2n) is 3.89. The Morgan fingerprint density at radius 2 is 2.15 bits per heavy atom. The number of aliphatic imine (C=N–C) groups is 1. The fourth-order valence-corrected chi connectivity index (χ4v) is 1.64. The molecule has 0 amide bonds. The number of amidine groups is 1. The van der Waals surface area contributed by atoms with E-state index >= 15 is 0 Å². The summed E-state index contributed by atoms with van der Waals surface area (Å²) in [7, 11) is 0. The second kappa shape index (κ2) is 5.54. The fourth-order valence-electron chi connectivity index (χ4n) is 1.58. The first-order valence-corrected chi connectivity index (χ1v) is 6.05. The van der Waals surface area contributed by atoms with Crippen LogP contribution in [-0.2, 0) is 6.18 Å². The molecule has 106 valence electrons. The third-order valence-electron chi connectivity index (χ3n) is 2.45. The van der Waals surface area contributed by atoms with Crippen molar-refractivity contribution in [1.82, 2.24) is 9.78 Å². The molecule has 0 spiro atoms. The van der Waals surface area contributed by atoms with Crippen LogP contribution in [0.1, 0.15) is 5.56 Å². The third-order valence-corrected chi connectivity index (χ3v) is 2.73. The number of rotatable bonds is 3. The lowest BCUT2D eigenvalue weighted by molar-refractivity contribution is -0.137. The number of hydrogen-bond acceptors (Lipinski definition) is 2. The van der Waals surface area contributed by atoms with E-state index in [1.54, 1.807) is 12.3 Å². The Morgan fingerprint density at radius 3 is 2.70 bits per heavy atom. The first-order chi connectivity index (χ1) is 9.41. The quantitative estimate of drug-likeness (QED) is 0.538. The highest BCUT2D eigenvalue weighted by Crippen LogP contribution is 2.34. The lowest BCUT2D eigenvalue weighted by atomic mass is 10.1. The van der Waals surface area contributed by atoms with Gasteiger partial charge in [-0.1, -0.05) is 0 Å². The number of nitrogens with zero attached hydrogens (tertiary/aromatic N) is 3. The van der Waals surface area contributed by atoms with Gasteiger partial charge in [0, 0.05) is 12.4 Å². The molecular weight excluding hydrogens is 293 g/mol. The highest BCUT2D eigenvalue weighted by Gasteiger charge is 2.31. The summed E-state index contributed by atoms with van der Waals surface area (Å²) in [6.07, 6.45) is -1.35. The molecule has 0 saturated carbocycles. The van der Waals surface area contributed by atoms with Gasteiger partial charge in [0.05, 0.1) is 22.8 Å². The summed E-state index contributed by atoms with van der Waals surface area (Å²) in [6, 6.07) is 4.82. The number of halogens is 4. The lowest BCUT2D eigenvalue weighted by Gasteiger charge is -2.11. The van der Waals surface area contributed by atoms with Crippen LogP contribution in [0.4, 0.5) is 18.9 Å². The molecular formula is C12H10ClF3N4. The number of hydrogen-bond donors (Lipinski definition) is 1. The molecule has 0 bridgehead atoms. The molecule has 0 saturated heterocycles. The van der Waals surface area contributed by atoms with Gasteiger partial charge in [0.25, 0.3) is 0 Å². The molecule has 0 fully saturated rings. The zero-order chi connectivity index (χ0) is 14.8. The van der Waals surface area contributed by atoms with Gasteiger partial charge in [-0.15, -0.1) is 11.6 Å². The van der Waals surface area contributed by atoms with Crippen molar-refractivity contribution in [3.63, 3.8) is 0 Å². The Bertz CT molecular complexity index is 620. The van der Waals surface area contributed by atoms with E-state index in [0.717, 1.165) is 12.1 Å². The van der Waals surface area contributed by atoms with Gasteiger partial charge in [-0.25, -0.2) is 9.67 Å². The molecule has 0 atom stereocenters. The predicted molar refractivity (Wildman–Crippen MR) is 70.6 cm³/mol. The Morgan fingerprint density at radius 1 is 1.40 bits per heavy atom. The molecule has 1 heterocycles. The SMILES string of the molecule is NC(CCl)=Nc1cc(C(F)(F)F)ccc1-n1cccn1. The van der Waals surface area contributed by atoms with Crippen LogP contribution in [0.2, 0.25) is 0 Å². The fraction of sp³-hybridized carbons (Fsp3) is 0.167.